The molecule has 4 aromatic carbocycles. The molecule has 0 aliphatic carbocycles. The maximum Gasteiger partial charge on any atom is 0.0992 e. The summed E-state index contributed by atoms with van der Waals surface area (Å²) < 4.78 is 2.46. The van der Waals surface area contributed by atoms with Crippen molar-refractivity contribution in [2.24, 2.45) is 0 Å². The standard InChI is InChI=1S/C42H22N6S/c43-21-25-13-15-45-37(17-25)35-11-9-27(23-47-35)41-30-6-1-2-7-31(30)42(28-10-12-36(48-24-28)38-18-26(22-44)14-16-46-38)34-20-40-32(19-33(34)41)29-5-3-4-8-39(29)49-40/h1-20,23-24H. The van der Waals surface area contributed by atoms with Crippen molar-refractivity contribution >= 4 is 53.1 Å². The van der Waals surface area contributed by atoms with Gasteiger partial charge in [0.2, 0.25) is 0 Å². The molecule has 0 fully saturated rings. The van der Waals surface area contributed by atoms with Gasteiger partial charge in [-0.15, -0.1) is 11.3 Å². The zero-order valence-electron chi connectivity index (χ0n) is 25.8. The van der Waals surface area contributed by atoms with Gasteiger partial charge in [0.25, 0.3) is 0 Å². The zero-order chi connectivity index (χ0) is 32.9. The van der Waals surface area contributed by atoms with Gasteiger partial charge in [0, 0.05) is 56.1 Å². The first-order valence-electron chi connectivity index (χ1n) is 15.6. The van der Waals surface area contributed by atoms with Crippen LogP contribution in [0.15, 0.2) is 134 Å². The highest BCUT2D eigenvalue weighted by Crippen LogP contribution is 2.47. The predicted octanol–water partition coefficient (Wildman–Crippen LogP) is 10.4. The molecule has 0 unspecified atom stereocenters. The van der Waals surface area contributed by atoms with E-state index in [1.165, 1.54) is 20.2 Å². The van der Waals surface area contributed by atoms with Crippen LogP contribution < -0.4 is 0 Å². The lowest BCUT2D eigenvalue weighted by Crippen LogP contribution is -1.94. The van der Waals surface area contributed by atoms with Crippen molar-refractivity contribution in [3.05, 3.63) is 145 Å². The van der Waals surface area contributed by atoms with E-state index >= 15 is 0 Å². The molecule has 9 rings (SSSR count). The topological polar surface area (TPSA) is 99.1 Å². The van der Waals surface area contributed by atoms with E-state index in [1.54, 1.807) is 48.0 Å². The summed E-state index contributed by atoms with van der Waals surface area (Å²) in [4.78, 5) is 18.6. The highest BCUT2D eigenvalue weighted by molar-refractivity contribution is 7.25. The molecule has 9 aromatic rings. The first kappa shape index (κ1) is 28.4. The minimum atomic E-state index is 0.546. The molecule has 226 valence electrons. The fraction of sp³-hybridized carbons (Fsp3) is 0. The lowest BCUT2D eigenvalue weighted by atomic mass is 9.86. The van der Waals surface area contributed by atoms with Crippen LogP contribution in [0.4, 0.5) is 0 Å². The Labute approximate surface area is 284 Å². The molecule has 5 aromatic heterocycles. The van der Waals surface area contributed by atoms with E-state index in [2.05, 4.69) is 94.9 Å². The number of pyridine rings is 4. The van der Waals surface area contributed by atoms with Gasteiger partial charge in [-0.1, -0.05) is 54.6 Å². The molecule has 0 saturated heterocycles. The molecule has 0 N–H and O–H groups in total. The van der Waals surface area contributed by atoms with Crippen molar-refractivity contribution in [3.63, 3.8) is 0 Å². The summed E-state index contributed by atoms with van der Waals surface area (Å²) in [6, 6.07) is 41.1. The lowest BCUT2D eigenvalue weighted by molar-refractivity contribution is 1.24. The molecule has 5 heterocycles. The zero-order valence-corrected chi connectivity index (χ0v) is 26.6. The van der Waals surface area contributed by atoms with Crippen LogP contribution in [-0.2, 0) is 0 Å². The van der Waals surface area contributed by atoms with Gasteiger partial charge < -0.3 is 0 Å². The normalized spacial score (nSPS) is 11.2. The SMILES string of the molecule is N#Cc1ccnc(-c2ccc(-c3c4ccccc4c(-c4ccc(-c5cc(C#N)ccn5)nc4)c4cc5c(cc34)sc3ccccc35)cn2)c1. The largest absolute Gasteiger partial charge is 0.255 e. The summed E-state index contributed by atoms with van der Waals surface area (Å²) in [6.07, 6.45) is 7.10. The maximum atomic E-state index is 9.40. The second-order valence-corrected chi connectivity index (χ2v) is 12.8. The fourth-order valence-electron chi connectivity index (χ4n) is 6.68. The second kappa shape index (κ2) is 11.5. The molecule has 49 heavy (non-hydrogen) atoms. The Morgan fingerprint density at radius 2 is 0.959 bits per heavy atom. The van der Waals surface area contributed by atoms with Crippen molar-refractivity contribution in [3.8, 4) is 57.2 Å². The number of nitrogens with zero attached hydrogens (tertiary/aromatic N) is 6. The third-order valence-corrected chi connectivity index (χ3v) is 10.1. The molecular weight excluding hydrogens is 621 g/mol. The van der Waals surface area contributed by atoms with Gasteiger partial charge >= 0.3 is 0 Å². The lowest BCUT2D eigenvalue weighted by Gasteiger charge is -2.18. The van der Waals surface area contributed by atoms with E-state index in [-0.39, 0.29) is 0 Å². The van der Waals surface area contributed by atoms with Crippen molar-refractivity contribution in [1.82, 2.24) is 19.9 Å². The highest BCUT2D eigenvalue weighted by Gasteiger charge is 2.20. The minimum Gasteiger partial charge on any atom is -0.255 e. The van der Waals surface area contributed by atoms with Crippen molar-refractivity contribution in [1.29, 1.82) is 10.5 Å². The summed E-state index contributed by atoms with van der Waals surface area (Å²) in [5, 5.41) is 25.7. The number of nitriles is 2. The Morgan fingerprint density at radius 3 is 1.49 bits per heavy atom. The van der Waals surface area contributed by atoms with Crippen LogP contribution in [0, 0.1) is 22.7 Å². The number of benzene rings is 4. The predicted molar refractivity (Wildman–Crippen MR) is 197 cm³/mol. The van der Waals surface area contributed by atoms with Crippen LogP contribution in [-0.4, -0.2) is 19.9 Å². The Balaban J connectivity index is 1.31. The Morgan fingerprint density at radius 1 is 0.429 bits per heavy atom. The van der Waals surface area contributed by atoms with Crippen molar-refractivity contribution in [2.75, 3.05) is 0 Å². The van der Waals surface area contributed by atoms with Crippen LogP contribution in [0.25, 0.3) is 86.7 Å². The number of rotatable bonds is 4. The van der Waals surface area contributed by atoms with Gasteiger partial charge in [-0.05, 0) is 87.3 Å². The molecule has 0 radical (unpaired) electrons. The van der Waals surface area contributed by atoms with Crippen LogP contribution in [0.2, 0.25) is 0 Å². The number of hydrogen-bond donors (Lipinski definition) is 0. The van der Waals surface area contributed by atoms with E-state index < -0.39 is 0 Å². The smallest absolute Gasteiger partial charge is 0.0992 e. The van der Waals surface area contributed by atoms with E-state index in [0.29, 0.717) is 33.9 Å². The highest BCUT2D eigenvalue weighted by atomic mass is 32.1. The molecule has 0 bridgehead atoms. The summed E-state index contributed by atoms with van der Waals surface area (Å²) in [6.45, 7) is 0. The third kappa shape index (κ3) is 4.77. The second-order valence-electron chi connectivity index (χ2n) is 11.7. The minimum absolute atomic E-state index is 0.546. The monoisotopic (exact) mass is 642 g/mol. The van der Waals surface area contributed by atoms with Crippen LogP contribution in [0.3, 0.4) is 0 Å². The average molecular weight is 643 g/mol. The molecule has 0 saturated carbocycles. The van der Waals surface area contributed by atoms with Crippen molar-refractivity contribution in [2.45, 2.75) is 0 Å². The van der Waals surface area contributed by atoms with E-state index in [1.807, 2.05) is 24.5 Å². The van der Waals surface area contributed by atoms with Gasteiger partial charge in [-0.25, -0.2) is 0 Å². The molecule has 7 heteroatoms. The van der Waals surface area contributed by atoms with Crippen LogP contribution >= 0.6 is 11.3 Å². The number of thiophene rings is 1. The van der Waals surface area contributed by atoms with Gasteiger partial charge in [-0.2, -0.15) is 10.5 Å². The van der Waals surface area contributed by atoms with Gasteiger partial charge in [0.15, 0.2) is 0 Å². The van der Waals surface area contributed by atoms with E-state index in [4.69, 9.17) is 9.97 Å². The van der Waals surface area contributed by atoms with Crippen molar-refractivity contribution < 1.29 is 0 Å². The Hall–Kier alpha value is -6.80. The first-order chi connectivity index (χ1) is 24.2. The maximum absolute atomic E-state index is 9.40. The van der Waals surface area contributed by atoms with Gasteiger partial charge in [0.05, 0.1) is 46.0 Å². The van der Waals surface area contributed by atoms with E-state index in [9.17, 15) is 10.5 Å². The summed E-state index contributed by atoms with van der Waals surface area (Å²) in [5.41, 5.74) is 8.02. The molecular formula is C42H22N6S. The third-order valence-electron chi connectivity index (χ3n) is 8.93. The summed E-state index contributed by atoms with van der Waals surface area (Å²) in [7, 11) is 0. The van der Waals surface area contributed by atoms with E-state index in [0.717, 1.165) is 43.8 Å². The number of fused-ring (bicyclic) bond motifs is 5. The summed E-state index contributed by atoms with van der Waals surface area (Å²) in [5.74, 6) is 0. The molecule has 0 aliphatic rings. The van der Waals surface area contributed by atoms with Gasteiger partial charge in [-0.3, -0.25) is 19.9 Å². The quantitative estimate of drug-likeness (QED) is 0.177. The van der Waals surface area contributed by atoms with Crippen LogP contribution in [0.5, 0.6) is 0 Å². The molecule has 0 atom stereocenters. The molecule has 0 aliphatic heterocycles. The molecule has 6 nitrogen and oxygen atoms in total. The average Bonchev–Trinajstić information content (AvgIpc) is 3.54. The fourth-order valence-corrected chi connectivity index (χ4v) is 7.81. The van der Waals surface area contributed by atoms with Crippen LogP contribution in [0.1, 0.15) is 11.1 Å². The Kier molecular flexibility index (Phi) is 6.65. The molecule has 0 spiro atoms. The van der Waals surface area contributed by atoms with Gasteiger partial charge in [0.1, 0.15) is 0 Å². The number of hydrogen-bond acceptors (Lipinski definition) is 7. The first-order valence-corrected chi connectivity index (χ1v) is 16.5. The Bertz CT molecular complexity index is 2840. The molecule has 0 amide bonds. The number of aromatic nitrogens is 4. The summed E-state index contributed by atoms with van der Waals surface area (Å²) >= 11 is 1.80.